The third-order valence-corrected chi connectivity index (χ3v) is 4.75. The van der Waals surface area contributed by atoms with E-state index in [0.29, 0.717) is 5.02 Å². The number of hydrazone groups is 1. The van der Waals surface area contributed by atoms with Gasteiger partial charge in [-0.05, 0) is 29.8 Å². The van der Waals surface area contributed by atoms with E-state index in [9.17, 15) is 4.79 Å². The average Bonchev–Trinajstić information content (AvgIpc) is 2.91. The zero-order valence-electron chi connectivity index (χ0n) is 12.9. The van der Waals surface area contributed by atoms with Crippen molar-refractivity contribution >= 4 is 45.3 Å². The fourth-order valence-corrected chi connectivity index (χ4v) is 3.27. The highest BCUT2D eigenvalue weighted by molar-refractivity contribution is 7.16. The zero-order valence-corrected chi connectivity index (χ0v) is 14.5. The number of thiazole rings is 1. The van der Waals surface area contributed by atoms with Gasteiger partial charge < -0.3 is 4.57 Å². The molecule has 122 valence electrons. The molecule has 0 bridgehead atoms. The summed E-state index contributed by atoms with van der Waals surface area (Å²) >= 11 is 7.36. The summed E-state index contributed by atoms with van der Waals surface area (Å²) < 4.78 is 3.12. The first-order valence-electron chi connectivity index (χ1n) is 7.26. The van der Waals surface area contributed by atoms with Crippen LogP contribution in [0.2, 0.25) is 5.02 Å². The van der Waals surface area contributed by atoms with Crippen molar-refractivity contribution in [2.24, 2.45) is 17.1 Å². The summed E-state index contributed by atoms with van der Waals surface area (Å²) in [5, 5.41) is 4.58. The van der Waals surface area contributed by atoms with Crippen LogP contribution in [0.1, 0.15) is 5.56 Å². The van der Waals surface area contributed by atoms with Crippen LogP contribution >= 0.6 is 22.9 Å². The molecule has 0 saturated carbocycles. The van der Waals surface area contributed by atoms with Gasteiger partial charge in [0, 0.05) is 12.1 Å². The number of carbonyl (C=O) groups excluding carboxylic acids is 1. The molecule has 0 spiro atoms. The summed E-state index contributed by atoms with van der Waals surface area (Å²) in [7, 11) is 1.94. The standard InChI is InChI=1S/C17H15ClN4OS/c1-22-14-4-2-3-5-15(14)24-17(22)19-11-16(23)21-20-10-12-6-8-13(18)9-7-12/h2-10H,11H2,1H3,(H,21,23)/b19-17?,20-10+. The average molecular weight is 359 g/mol. The lowest BCUT2D eigenvalue weighted by Gasteiger charge is -1.97. The first-order valence-corrected chi connectivity index (χ1v) is 8.45. The number of nitrogens with one attached hydrogen (secondary N) is 1. The first-order chi connectivity index (χ1) is 11.6. The van der Waals surface area contributed by atoms with Gasteiger partial charge in [-0.2, -0.15) is 5.10 Å². The van der Waals surface area contributed by atoms with Gasteiger partial charge in [0.15, 0.2) is 4.80 Å². The Hall–Kier alpha value is -2.44. The predicted molar refractivity (Wildman–Crippen MR) is 98.4 cm³/mol. The predicted octanol–water partition coefficient (Wildman–Crippen LogP) is 2.94. The van der Waals surface area contributed by atoms with Crippen molar-refractivity contribution in [2.75, 3.05) is 6.54 Å². The van der Waals surface area contributed by atoms with Gasteiger partial charge in [-0.1, -0.05) is 47.2 Å². The molecule has 0 aliphatic rings. The minimum atomic E-state index is -0.266. The number of fused-ring (bicyclic) bond motifs is 1. The minimum Gasteiger partial charge on any atom is -0.320 e. The van der Waals surface area contributed by atoms with Crippen molar-refractivity contribution in [3.8, 4) is 0 Å². The lowest BCUT2D eigenvalue weighted by atomic mass is 10.2. The van der Waals surface area contributed by atoms with Crippen LogP contribution in [0.3, 0.4) is 0 Å². The number of para-hydroxylation sites is 1. The van der Waals surface area contributed by atoms with E-state index in [-0.39, 0.29) is 12.5 Å². The molecule has 1 aromatic heterocycles. The highest BCUT2D eigenvalue weighted by atomic mass is 35.5. The van der Waals surface area contributed by atoms with E-state index in [1.807, 2.05) is 48.0 Å². The van der Waals surface area contributed by atoms with Crippen molar-refractivity contribution in [1.82, 2.24) is 9.99 Å². The maximum Gasteiger partial charge on any atom is 0.261 e. The highest BCUT2D eigenvalue weighted by Gasteiger charge is 2.02. The lowest BCUT2D eigenvalue weighted by Crippen LogP contribution is -2.22. The molecule has 3 aromatic rings. The van der Waals surface area contributed by atoms with Crippen molar-refractivity contribution < 1.29 is 4.79 Å². The van der Waals surface area contributed by atoms with Crippen LogP contribution < -0.4 is 10.2 Å². The molecule has 3 rings (SSSR count). The summed E-state index contributed by atoms with van der Waals surface area (Å²) in [5.41, 5.74) is 4.42. The molecule has 2 aromatic carbocycles. The Morgan fingerprint density at radius 2 is 2.00 bits per heavy atom. The van der Waals surface area contributed by atoms with E-state index in [2.05, 4.69) is 15.5 Å². The second kappa shape index (κ2) is 7.42. The van der Waals surface area contributed by atoms with Crippen LogP contribution in [-0.4, -0.2) is 23.2 Å². The third kappa shape index (κ3) is 3.90. The summed E-state index contributed by atoms with van der Waals surface area (Å²) in [6.45, 7) is 0.0264. The van der Waals surface area contributed by atoms with Crippen molar-refractivity contribution in [3.63, 3.8) is 0 Å². The largest absolute Gasteiger partial charge is 0.320 e. The number of hydrogen-bond donors (Lipinski definition) is 1. The van der Waals surface area contributed by atoms with Gasteiger partial charge in [0.05, 0.1) is 16.4 Å². The van der Waals surface area contributed by atoms with Crippen molar-refractivity contribution in [1.29, 1.82) is 0 Å². The fourth-order valence-electron chi connectivity index (χ4n) is 2.13. The number of amides is 1. The molecule has 0 unspecified atom stereocenters. The number of nitrogens with zero attached hydrogens (tertiary/aromatic N) is 3. The van der Waals surface area contributed by atoms with Crippen molar-refractivity contribution in [2.45, 2.75) is 0 Å². The molecule has 1 amide bonds. The van der Waals surface area contributed by atoms with E-state index >= 15 is 0 Å². The minimum absolute atomic E-state index is 0.0264. The summed E-state index contributed by atoms with van der Waals surface area (Å²) in [6.07, 6.45) is 1.56. The summed E-state index contributed by atoms with van der Waals surface area (Å²) in [6, 6.07) is 15.2. The first kappa shape index (κ1) is 16.4. The molecular weight excluding hydrogens is 344 g/mol. The van der Waals surface area contributed by atoms with Crippen LogP contribution in [0, 0.1) is 0 Å². The number of aryl methyl sites for hydroxylation is 1. The lowest BCUT2D eigenvalue weighted by molar-refractivity contribution is -0.119. The second-order valence-electron chi connectivity index (χ2n) is 5.07. The number of carbonyl (C=O) groups is 1. The fraction of sp³-hybridized carbons (Fsp3) is 0.118. The molecular formula is C17H15ClN4OS. The monoisotopic (exact) mass is 358 g/mol. The molecule has 0 radical (unpaired) electrons. The van der Waals surface area contributed by atoms with Crippen LogP contribution in [0.5, 0.6) is 0 Å². The molecule has 0 saturated heterocycles. The quantitative estimate of drug-likeness (QED) is 0.565. The molecule has 1 heterocycles. The Morgan fingerprint density at radius 3 is 2.75 bits per heavy atom. The molecule has 0 aliphatic carbocycles. The Bertz CT molecular complexity index is 957. The van der Waals surface area contributed by atoms with E-state index in [1.165, 1.54) is 0 Å². The summed E-state index contributed by atoms with van der Waals surface area (Å²) in [5.74, 6) is -0.266. The Kier molecular flexibility index (Phi) is 5.08. The van der Waals surface area contributed by atoms with Gasteiger partial charge in [-0.25, -0.2) is 10.4 Å². The Balaban J connectivity index is 1.64. The summed E-state index contributed by atoms with van der Waals surface area (Å²) in [4.78, 5) is 17.0. The number of aromatic nitrogens is 1. The van der Waals surface area contributed by atoms with Gasteiger partial charge in [0.2, 0.25) is 0 Å². The van der Waals surface area contributed by atoms with E-state index in [1.54, 1.807) is 29.7 Å². The number of benzene rings is 2. The van der Waals surface area contributed by atoms with Crippen molar-refractivity contribution in [3.05, 3.63) is 63.9 Å². The molecule has 7 heteroatoms. The van der Waals surface area contributed by atoms with Gasteiger partial charge in [0.25, 0.3) is 5.91 Å². The van der Waals surface area contributed by atoms with E-state index in [0.717, 1.165) is 20.6 Å². The smallest absolute Gasteiger partial charge is 0.261 e. The molecule has 0 aliphatic heterocycles. The third-order valence-electron chi connectivity index (χ3n) is 3.35. The van der Waals surface area contributed by atoms with Crippen LogP contribution in [0.25, 0.3) is 10.2 Å². The van der Waals surface area contributed by atoms with Gasteiger partial charge in [-0.15, -0.1) is 0 Å². The van der Waals surface area contributed by atoms with Gasteiger partial charge in [0.1, 0.15) is 6.54 Å². The van der Waals surface area contributed by atoms with Gasteiger partial charge >= 0.3 is 0 Å². The molecule has 1 N–H and O–H groups in total. The van der Waals surface area contributed by atoms with Crippen LogP contribution in [-0.2, 0) is 11.8 Å². The van der Waals surface area contributed by atoms with Crippen LogP contribution in [0.15, 0.2) is 58.6 Å². The van der Waals surface area contributed by atoms with Crippen LogP contribution in [0.4, 0.5) is 0 Å². The molecule has 24 heavy (non-hydrogen) atoms. The topological polar surface area (TPSA) is 58.8 Å². The molecule has 0 atom stereocenters. The maximum atomic E-state index is 11.8. The van der Waals surface area contributed by atoms with E-state index in [4.69, 9.17) is 11.6 Å². The molecule has 5 nitrogen and oxygen atoms in total. The maximum absolute atomic E-state index is 11.8. The SMILES string of the molecule is Cn1c(=NCC(=O)N/N=C/c2ccc(Cl)cc2)sc2ccccc21. The Labute approximate surface area is 147 Å². The number of rotatable bonds is 4. The molecule has 0 fully saturated rings. The number of hydrogen-bond acceptors (Lipinski definition) is 4. The van der Waals surface area contributed by atoms with Gasteiger partial charge in [-0.3, -0.25) is 4.79 Å². The highest BCUT2D eigenvalue weighted by Crippen LogP contribution is 2.15. The van der Waals surface area contributed by atoms with E-state index < -0.39 is 0 Å². The number of halogens is 1. The Morgan fingerprint density at radius 1 is 1.25 bits per heavy atom. The zero-order chi connectivity index (χ0) is 16.9. The normalized spacial score (nSPS) is 12.2. The second-order valence-corrected chi connectivity index (χ2v) is 6.52.